The molecule has 0 aliphatic heterocycles. The van der Waals surface area contributed by atoms with E-state index in [1.165, 1.54) is 18.2 Å². The Balaban J connectivity index is 0.000000250. The molecule has 0 unspecified atom stereocenters. The lowest BCUT2D eigenvalue weighted by Crippen LogP contribution is -2.14. The first-order chi connectivity index (χ1) is 9.05. The summed E-state index contributed by atoms with van der Waals surface area (Å²) in [5, 5.41) is 8.29. The minimum absolute atomic E-state index is 0.0255. The van der Waals surface area contributed by atoms with Crippen molar-refractivity contribution in [2.45, 2.75) is 12.7 Å². The van der Waals surface area contributed by atoms with Crippen LogP contribution in [-0.4, -0.2) is 10.2 Å². The molecule has 3 nitrogen and oxygen atoms in total. The molecule has 0 aliphatic rings. The van der Waals surface area contributed by atoms with E-state index in [2.05, 4.69) is 4.98 Å². The molecule has 0 aliphatic carbocycles. The van der Waals surface area contributed by atoms with Gasteiger partial charge >= 0.3 is 6.18 Å². The number of hydrogen-bond acceptors (Lipinski definition) is 3. The molecular weight excluding hydrogens is 257 g/mol. The summed E-state index contributed by atoms with van der Waals surface area (Å²) in [5.41, 5.74) is 0.997. The van der Waals surface area contributed by atoms with Gasteiger partial charge in [-0.15, -0.1) is 0 Å². The van der Waals surface area contributed by atoms with Crippen LogP contribution in [0.3, 0.4) is 0 Å². The van der Waals surface area contributed by atoms with Crippen LogP contribution in [0.4, 0.5) is 13.2 Å². The first-order valence-corrected chi connectivity index (χ1v) is 5.42. The zero-order valence-electron chi connectivity index (χ0n) is 9.93. The Labute approximate surface area is 108 Å². The van der Waals surface area contributed by atoms with Gasteiger partial charge in [-0.1, -0.05) is 24.3 Å². The van der Waals surface area contributed by atoms with E-state index in [4.69, 9.17) is 5.21 Å². The van der Waals surface area contributed by atoms with E-state index in [-0.39, 0.29) is 12.1 Å². The maximum Gasteiger partial charge on any atom is 0.416 e. The van der Waals surface area contributed by atoms with Crippen LogP contribution in [0.2, 0.25) is 0 Å². The van der Waals surface area contributed by atoms with Gasteiger partial charge in [-0.25, -0.2) is 5.48 Å². The normalized spacial score (nSPS) is 10.5. The molecule has 19 heavy (non-hydrogen) atoms. The zero-order chi connectivity index (χ0) is 14.1. The van der Waals surface area contributed by atoms with Crippen LogP contribution in [0.25, 0.3) is 0 Å². The van der Waals surface area contributed by atoms with Crippen molar-refractivity contribution in [1.82, 2.24) is 10.5 Å². The van der Waals surface area contributed by atoms with Crippen molar-refractivity contribution < 1.29 is 18.4 Å². The van der Waals surface area contributed by atoms with Gasteiger partial charge in [-0.3, -0.25) is 4.98 Å². The molecule has 6 heteroatoms. The van der Waals surface area contributed by atoms with Crippen molar-refractivity contribution in [3.8, 4) is 0 Å². The van der Waals surface area contributed by atoms with E-state index in [1.54, 1.807) is 17.9 Å². The lowest BCUT2D eigenvalue weighted by molar-refractivity contribution is -0.138. The minimum Gasteiger partial charge on any atom is -0.316 e. The van der Waals surface area contributed by atoms with Gasteiger partial charge in [-0.2, -0.15) is 13.2 Å². The second kappa shape index (κ2) is 7.50. The van der Waals surface area contributed by atoms with Gasteiger partial charge < -0.3 is 5.21 Å². The lowest BCUT2D eigenvalue weighted by atomic mass is 10.1. The topological polar surface area (TPSA) is 45.1 Å². The predicted octanol–water partition coefficient (Wildman–Crippen LogP) is 3.27. The highest BCUT2D eigenvalue weighted by Gasteiger charge is 2.32. The average Bonchev–Trinajstić information content (AvgIpc) is 2.41. The van der Waals surface area contributed by atoms with Crippen molar-refractivity contribution in [3.05, 3.63) is 66.0 Å². The van der Waals surface area contributed by atoms with Gasteiger partial charge in [0, 0.05) is 18.9 Å². The highest BCUT2D eigenvalue weighted by molar-refractivity contribution is 5.29. The van der Waals surface area contributed by atoms with E-state index in [1.807, 2.05) is 18.2 Å². The SMILES string of the molecule is ONCc1ccccc1C(F)(F)F.c1ccncc1. The maximum absolute atomic E-state index is 12.3. The Morgan fingerprint density at radius 1 is 1.00 bits per heavy atom. The molecule has 0 fully saturated rings. The van der Waals surface area contributed by atoms with Crippen LogP contribution in [-0.2, 0) is 12.7 Å². The van der Waals surface area contributed by atoms with E-state index in [0.717, 1.165) is 6.07 Å². The monoisotopic (exact) mass is 270 g/mol. The summed E-state index contributed by atoms with van der Waals surface area (Å²) in [4.78, 5) is 3.78. The molecule has 0 saturated carbocycles. The van der Waals surface area contributed by atoms with Crippen molar-refractivity contribution in [1.29, 1.82) is 0 Å². The summed E-state index contributed by atoms with van der Waals surface area (Å²) in [7, 11) is 0. The highest BCUT2D eigenvalue weighted by atomic mass is 19.4. The number of alkyl halides is 3. The summed E-state index contributed by atoms with van der Waals surface area (Å²) in [5.74, 6) is 0. The second-order valence-electron chi connectivity index (χ2n) is 3.51. The first kappa shape index (κ1) is 15.1. The Morgan fingerprint density at radius 2 is 1.63 bits per heavy atom. The van der Waals surface area contributed by atoms with Gasteiger partial charge in [0.15, 0.2) is 0 Å². The van der Waals surface area contributed by atoms with Gasteiger partial charge in [0.2, 0.25) is 0 Å². The Hall–Kier alpha value is -1.92. The van der Waals surface area contributed by atoms with Crippen LogP contribution in [0.5, 0.6) is 0 Å². The van der Waals surface area contributed by atoms with E-state index >= 15 is 0 Å². The number of pyridine rings is 1. The third kappa shape index (κ3) is 5.50. The molecule has 0 bridgehead atoms. The molecule has 2 N–H and O–H groups in total. The molecular formula is C13H13F3N2O. The summed E-state index contributed by atoms with van der Waals surface area (Å²) in [6.07, 6.45) is -0.868. The molecule has 2 rings (SSSR count). The fraction of sp³-hybridized carbons (Fsp3) is 0.154. The van der Waals surface area contributed by atoms with Crippen molar-refractivity contribution >= 4 is 0 Å². The Bertz CT molecular complexity index is 448. The quantitative estimate of drug-likeness (QED) is 0.823. The number of halogens is 3. The predicted molar refractivity (Wildman–Crippen MR) is 64.3 cm³/mol. The van der Waals surface area contributed by atoms with Crippen molar-refractivity contribution in [3.63, 3.8) is 0 Å². The fourth-order valence-corrected chi connectivity index (χ4v) is 1.35. The van der Waals surface area contributed by atoms with Crippen LogP contribution in [0.1, 0.15) is 11.1 Å². The number of hydroxylamine groups is 1. The molecule has 1 aromatic carbocycles. The number of nitrogens with zero attached hydrogens (tertiary/aromatic N) is 1. The average molecular weight is 270 g/mol. The number of nitrogens with one attached hydrogen (secondary N) is 1. The summed E-state index contributed by atoms with van der Waals surface area (Å²) in [6, 6.07) is 10.8. The number of rotatable bonds is 2. The molecule has 0 amide bonds. The second-order valence-corrected chi connectivity index (χ2v) is 3.51. The number of aromatic nitrogens is 1. The Morgan fingerprint density at radius 3 is 2.05 bits per heavy atom. The third-order valence-electron chi connectivity index (χ3n) is 2.16. The summed E-state index contributed by atoms with van der Waals surface area (Å²) in [6.45, 7) is -0.213. The first-order valence-electron chi connectivity index (χ1n) is 5.42. The van der Waals surface area contributed by atoms with E-state index in [0.29, 0.717) is 0 Å². The minimum atomic E-state index is -4.37. The standard InChI is InChI=1S/C8H8F3NO.C5H5N/c9-8(10,11)7-4-2-1-3-6(7)5-12-13;1-2-4-6-5-3-1/h1-4,12-13H,5H2;1-5H. The van der Waals surface area contributed by atoms with Gasteiger partial charge in [0.05, 0.1) is 5.56 Å². The molecule has 102 valence electrons. The van der Waals surface area contributed by atoms with E-state index in [9.17, 15) is 13.2 Å². The molecule has 2 aromatic rings. The summed E-state index contributed by atoms with van der Waals surface area (Å²) < 4.78 is 36.8. The third-order valence-corrected chi connectivity index (χ3v) is 2.16. The van der Waals surface area contributed by atoms with Crippen molar-refractivity contribution in [2.24, 2.45) is 0 Å². The smallest absolute Gasteiger partial charge is 0.316 e. The van der Waals surface area contributed by atoms with Crippen LogP contribution in [0.15, 0.2) is 54.9 Å². The number of hydrogen-bond donors (Lipinski definition) is 2. The van der Waals surface area contributed by atoms with Crippen LogP contribution >= 0.6 is 0 Å². The van der Waals surface area contributed by atoms with Gasteiger partial charge in [0.25, 0.3) is 0 Å². The zero-order valence-corrected chi connectivity index (χ0v) is 9.93. The fourth-order valence-electron chi connectivity index (χ4n) is 1.35. The molecule has 1 heterocycles. The van der Waals surface area contributed by atoms with Crippen LogP contribution < -0.4 is 5.48 Å². The van der Waals surface area contributed by atoms with Crippen LogP contribution in [0, 0.1) is 0 Å². The Kier molecular flexibility index (Phi) is 5.98. The molecule has 0 saturated heterocycles. The molecule has 0 atom stereocenters. The van der Waals surface area contributed by atoms with E-state index < -0.39 is 11.7 Å². The molecule has 0 radical (unpaired) electrons. The highest BCUT2D eigenvalue weighted by Crippen LogP contribution is 2.31. The largest absolute Gasteiger partial charge is 0.416 e. The maximum atomic E-state index is 12.3. The molecule has 0 spiro atoms. The summed E-state index contributed by atoms with van der Waals surface area (Å²) >= 11 is 0. The van der Waals surface area contributed by atoms with Gasteiger partial charge in [0.1, 0.15) is 0 Å². The van der Waals surface area contributed by atoms with Crippen molar-refractivity contribution in [2.75, 3.05) is 0 Å². The van der Waals surface area contributed by atoms with Gasteiger partial charge in [-0.05, 0) is 23.8 Å². The lowest BCUT2D eigenvalue weighted by Gasteiger charge is -2.11. The number of benzene rings is 1. The molecule has 1 aromatic heterocycles.